The van der Waals surface area contributed by atoms with Gasteiger partial charge in [-0.15, -0.1) is 0 Å². The van der Waals surface area contributed by atoms with Crippen molar-refractivity contribution in [3.63, 3.8) is 0 Å². The monoisotopic (exact) mass is 353 g/mol. The summed E-state index contributed by atoms with van der Waals surface area (Å²) in [6.07, 6.45) is 4.38. The van der Waals surface area contributed by atoms with E-state index in [-0.39, 0.29) is 5.91 Å². The minimum absolute atomic E-state index is 0.248. The zero-order valence-electron chi connectivity index (χ0n) is 15.6. The van der Waals surface area contributed by atoms with Crippen LogP contribution in [0.25, 0.3) is 0 Å². The lowest BCUT2D eigenvalue weighted by atomic mass is 10.0. The maximum absolute atomic E-state index is 12.8. The highest BCUT2D eigenvalue weighted by atomic mass is 16.5. The highest BCUT2D eigenvalue weighted by molar-refractivity contribution is 5.77. The first-order valence-corrected chi connectivity index (χ1v) is 9.25. The topological polar surface area (TPSA) is 38.8 Å². The zero-order chi connectivity index (χ0) is 18.4. The Kier molecular flexibility index (Phi) is 6.16. The number of aryl methyl sites for hydroxylation is 1. The fourth-order valence-corrected chi connectivity index (χ4v) is 3.69. The summed E-state index contributed by atoms with van der Waals surface area (Å²) in [5.41, 5.74) is 2.40. The maximum atomic E-state index is 12.8. The van der Waals surface area contributed by atoms with Gasteiger partial charge in [-0.1, -0.05) is 36.4 Å². The molecule has 2 aromatic rings. The van der Waals surface area contributed by atoms with Gasteiger partial charge >= 0.3 is 0 Å². The molecule has 1 aliphatic rings. The molecule has 26 heavy (non-hydrogen) atoms. The van der Waals surface area contributed by atoms with E-state index in [2.05, 4.69) is 29.2 Å². The molecule has 1 saturated heterocycles. The van der Waals surface area contributed by atoms with E-state index < -0.39 is 0 Å². The first-order chi connectivity index (χ1) is 12.7. The number of hydrogen-bond acceptors (Lipinski definition) is 3. The van der Waals surface area contributed by atoms with Gasteiger partial charge in [-0.25, -0.2) is 0 Å². The molecule has 1 amide bonds. The van der Waals surface area contributed by atoms with Crippen LogP contribution in [0.4, 0.5) is 0 Å². The molecule has 1 aliphatic heterocycles. The number of ether oxygens (including phenoxy) is 2. The third kappa shape index (κ3) is 4.37. The van der Waals surface area contributed by atoms with Gasteiger partial charge in [-0.05, 0) is 48.9 Å². The molecule has 1 heterocycles. The van der Waals surface area contributed by atoms with Crippen LogP contribution in [0.5, 0.6) is 11.5 Å². The molecule has 0 saturated carbocycles. The van der Waals surface area contributed by atoms with Gasteiger partial charge < -0.3 is 14.4 Å². The molecule has 0 N–H and O–H groups in total. The minimum Gasteiger partial charge on any atom is -0.493 e. The van der Waals surface area contributed by atoms with Gasteiger partial charge in [-0.2, -0.15) is 0 Å². The van der Waals surface area contributed by atoms with Crippen molar-refractivity contribution >= 4 is 5.91 Å². The summed E-state index contributed by atoms with van der Waals surface area (Å²) in [6.45, 7) is 0.877. The van der Waals surface area contributed by atoms with Crippen LogP contribution in [0.15, 0.2) is 48.5 Å². The lowest BCUT2D eigenvalue weighted by Crippen LogP contribution is -2.36. The second-order valence-corrected chi connectivity index (χ2v) is 6.76. The first-order valence-electron chi connectivity index (χ1n) is 9.25. The lowest BCUT2D eigenvalue weighted by molar-refractivity contribution is -0.131. The molecule has 4 heteroatoms. The van der Waals surface area contributed by atoms with Crippen LogP contribution in [0.1, 0.15) is 30.4 Å². The van der Waals surface area contributed by atoms with Gasteiger partial charge in [0.15, 0.2) is 11.5 Å². The van der Waals surface area contributed by atoms with Gasteiger partial charge in [0.2, 0.25) is 5.91 Å². The number of benzene rings is 2. The molecule has 2 aromatic carbocycles. The number of likely N-dealkylation sites (tertiary alicyclic amines) is 1. The van der Waals surface area contributed by atoms with Crippen LogP contribution >= 0.6 is 0 Å². The van der Waals surface area contributed by atoms with Gasteiger partial charge in [0.1, 0.15) is 0 Å². The Morgan fingerprint density at radius 3 is 2.54 bits per heavy atom. The Balaban J connectivity index is 1.59. The third-order valence-electron chi connectivity index (χ3n) is 5.09. The molecule has 0 aromatic heterocycles. The van der Waals surface area contributed by atoms with E-state index in [0.717, 1.165) is 31.4 Å². The normalized spacial score (nSPS) is 16.5. The van der Waals surface area contributed by atoms with E-state index in [1.165, 1.54) is 5.56 Å². The quantitative estimate of drug-likeness (QED) is 0.758. The van der Waals surface area contributed by atoms with Crippen LogP contribution in [-0.2, 0) is 17.6 Å². The fourth-order valence-electron chi connectivity index (χ4n) is 3.69. The molecule has 4 nitrogen and oxygen atoms in total. The molecular formula is C22H27NO3. The summed E-state index contributed by atoms with van der Waals surface area (Å²) >= 11 is 0. The van der Waals surface area contributed by atoms with Gasteiger partial charge in [0.25, 0.3) is 0 Å². The smallest absolute Gasteiger partial charge is 0.223 e. The molecule has 1 atom stereocenters. The second kappa shape index (κ2) is 8.75. The second-order valence-electron chi connectivity index (χ2n) is 6.76. The summed E-state index contributed by atoms with van der Waals surface area (Å²) in [7, 11) is 3.26. The number of amides is 1. The number of nitrogens with zero attached hydrogens (tertiary/aromatic N) is 1. The Labute approximate surface area is 155 Å². The molecule has 0 radical (unpaired) electrons. The maximum Gasteiger partial charge on any atom is 0.223 e. The largest absolute Gasteiger partial charge is 0.493 e. The van der Waals surface area contributed by atoms with Crippen LogP contribution < -0.4 is 9.47 Å². The van der Waals surface area contributed by atoms with Crippen LogP contribution in [0.3, 0.4) is 0 Å². The average Bonchev–Trinajstić information content (AvgIpc) is 3.14. The Morgan fingerprint density at radius 1 is 1.04 bits per heavy atom. The molecule has 1 fully saturated rings. The number of methoxy groups -OCH3 is 2. The zero-order valence-corrected chi connectivity index (χ0v) is 15.6. The summed E-state index contributed by atoms with van der Waals surface area (Å²) in [6, 6.07) is 16.6. The third-order valence-corrected chi connectivity index (χ3v) is 5.09. The first kappa shape index (κ1) is 18.3. The van der Waals surface area contributed by atoms with Crippen molar-refractivity contribution in [3.8, 4) is 11.5 Å². The fraction of sp³-hybridized carbons (Fsp3) is 0.409. The Hall–Kier alpha value is -2.49. The van der Waals surface area contributed by atoms with E-state index in [4.69, 9.17) is 9.47 Å². The summed E-state index contributed by atoms with van der Waals surface area (Å²) in [5.74, 6) is 1.67. The summed E-state index contributed by atoms with van der Waals surface area (Å²) in [5, 5.41) is 0. The lowest BCUT2D eigenvalue weighted by Gasteiger charge is -2.25. The van der Waals surface area contributed by atoms with E-state index in [9.17, 15) is 4.79 Å². The van der Waals surface area contributed by atoms with E-state index in [1.807, 2.05) is 24.3 Å². The van der Waals surface area contributed by atoms with Crippen molar-refractivity contribution in [2.75, 3.05) is 20.8 Å². The van der Waals surface area contributed by atoms with E-state index in [1.54, 1.807) is 14.2 Å². The Bertz CT molecular complexity index is 729. The summed E-state index contributed by atoms with van der Waals surface area (Å²) < 4.78 is 10.6. The molecule has 1 unspecified atom stereocenters. The number of carbonyl (C=O) groups is 1. The van der Waals surface area contributed by atoms with Gasteiger partial charge in [0, 0.05) is 19.0 Å². The SMILES string of the molecule is COc1ccc(CCC(=O)N2CCCC2Cc2ccccc2)cc1OC. The van der Waals surface area contributed by atoms with Crippen molar-refractivity contribution in [1.82, 2.24) is 4.90 Å². The summed E-state index contributed by atoms with van der Waals surface area (Å²) in [4.78, 5) is 14.8. The predicted molar refractivity (Wildman–Crippen MR) is 103 cm³/mol. The number of rotatable bonds is 7. The highest BCUT2D eigenvalue weighted by Crippen LogP contribution is 2.28. The molecule has 3 rings (SSSR count). The van der Waals surface area contributed by atoms with Crippen molar-refractivity contribution in [3.05, 3.63) is 59.7 Å². The van der Waals surface area contributed by atoms with Crippen molar-refractivity contribution in [2.24, 2.45) is 0 Å². The standard InChI is InChI=1S/C22H27NO3/c1-25-20-12-10-18(16-21(20)26-2)11-13-22(24)23-14-6-9-19(23)15-17-7-4-3-5-8-17/h3-5,7-8,10,12,16,19H,6,9,11,13-15H2,1-2H3. The molecule has 0 bridgehead atoms. The van der Waals surface area contributed by atoms with Crippen LogP contribution in [0, 0.1) is 0 Å². The van der Waals surface area contributed by atoms with E-state index >= 15 is 0 Å². The van der Waals surface area contributed by atoms with Gasteiger partial charge in [-0.3, -0.25) is 4.79 Å². The molecule has 0 aliphatic carbocycles. The van der Waals surface area contributed by atoms with Crippen molar-refractivity contribution in [1.29, 1.82) is 0 Å². The molecule has 138 valence electrons. The van der Waals surface area contributed by atoms with E-state index in [0.29, 0.717) is 30.4 Å². The minimum atomic E-state index is 0.248. The highest BCUT2D eigenvalue weighted by Gasteiger charge is 2.28. The van der Waals surface area contributed by atoms with Crippen LogP contribution in [0.2, 0.25) is 0 Å². The van der Waals surface area contributed by atoms with Crippen LogP contribution in [-0.4, -0.2) is 37.6 Å². The average molecular weight is 353 g/mol. The van der Waals surface area contributed by atoms with Gasteiger partial charge in [0.05, 0.1) is 14.2 Å². The number of hydrogen-bond donors (Lipinski definition) is 0. The molecular weight excluding hydrogens is 326 g/mol. The predicted octanol–water partition coefficient (Wildman–Crippen LogP) is 3.87. The van der Waals surface area contributed by atoms with Crippen molar-refractivity contribution < 1.29 is 14.3 Å². The number of carbonyl (C=O) groups excluding carboxylic acids is 1. The Morgan fingerprint density at radius 2 is 1.81 bits per heavy atom. The van der Waals surface area contributed by atoms with Crippen molar-refractivity contribution in [2.45, 2.75) is 38.1 Å². The molecule has 0 spiro atoms.